The van der Waals surface area contributed by atoms with E-state index < -0.39 is 17.9 Å². The number of pyridine rings is 1. The van der Waals surface area contributed by atoms with Crippen molar-refractivity contribution in [1.29, 1.82) is 0 Å². The van der Waals surface area contributed by atoms with Crippen LogP contribution in [0.5, 0.6) is 0 Å². The van der Waals surface area contributed by atoms with Gasteiger partial charge in [-0.25, -0.2) is 8.78 Å². The maximum Gasteiger partial charge on any atom is 0.189 e. The molecule has 0 amide bonds. The molecule has 0 aromatic carbocycles. The summed E-state index contributed by atoms with van der Waals surface area (Å²) >= 11 is 0. The Morgan fingerprint density at radius 3 is 2.23 bits per heavy atom. The van der Waals surface area contributed by atoms with E-state index in [4.69, 9.17) is 9.47 Å². The maximum atomic E-state index is 13.0. The van der Waals surface area contributed by atoms with Crippen molar-refractivity contribution in [2.45, 2.75) is 6.29 Å². The number of aromatic nitrogens is 1. The predicted molar refractivity (Wildman–Crippen MR) is 38.8 cm³/mol. The van der Waals surface area contributed by atoms with E-state index in [9.17, 15) is 8.78 Å². The van der Waals surface area contributed by atoms with Crippen LogP contribution in [0.2, 0.25) is 0 Å². The molecule has 0 N–H and O–H groups in total. The van der Waals surface area contributed by atoms with Crippen molar-refractivity contribution in [1.82, 2.24) is 4.98 Å². The average Bonchev–Trinajstić information content (AvgIpc) is 2.57. The summed E-state index contributed by atoms with van der Waals surface area (Å²) in [5.41, 5.74) is -0.201. The van der Waals surface area contributed by atoms with Crippen LogP contribution >= 0.6 is 0 Å². The van der Waals surface area contributed by atoms with Crippen LogP contribution in [0.25, 0.3) is 0 Å². The van der Waals surface area contributed by atoms with Crippen molar-refractivity contribution in [3.63, 3.8) is 0 Å². The molecule has 1 fully saturated rings. The van der Waals surface area contributed by atoms with Crippen molar-refractivity contribution < 1.29 is 18.3 Å². The van der Waals surface area contributed by atoms with Crippen LogP contribution in [0, 0.1) is 11.6 Å². The van der Waals surface area contributed by atoms with Crippen LogP contribution in [-0.4, -0.2) is 18.2 Å². The van der Waals surface area contributed by atoms with Crippen molar-refractivity contribution >= 4 is 0 Å². The Kier molecular flexibility index (Phi) is 2.20. The first-order valence-electron chi connectivity index (χ1n) is 3.81. The highest BCUT2D eigenvalue weighted by Crippen LogP contribution is 2.26. The van der Waals surface area contributed by atoms with Crippen molar-refractivity contribution in [2.75, 3.05) is 13.2 Å². The standard InChI is InChI=1S/C8H7F2NO2/c9-5-3-11-4-6(10)7(5)8-12-1-2-13-8/h3-4,8H,1-2H2. The van der Waals surface area contributed by atoms with Gasteiger partial charge >= 0.3 is 0 Å². The Hall–Kier alpha value is -1.07. The zero-order chi connectivity index (χ0) is 9.26. The summed E-state index contributed by atoms with van der Waals surface area (Å²) in [6.45, 7) is 0.706. The smallest absolute Gasteiger partial charge is 0.189 e. The minimum Gasteiger partial charge on any atom is -0.346 e. The quantitative estimate of drug-likeness (QED) is 0.666. The van der Waals surface area contributed by atoms with Gasteiger partial charge in [0.2, 0.25) is 0 Å². The summed E-state index contributed by atoms with van der Waals surface area (Å²) in [6.07, 6.45) is 0.940. The number of nitrogens with zero attached hydrogens (tertiary/aromatic N) is 1. The van der Waals surface area contributed by atoms with Gasteiger partial charge in [0.05, 0.1) is 31.2 Å². The van der Waals surface area contributed by atoms with Gasteiger partial charge in [0, 0.05) is 0 Å². The van der Waals surface area contributed by atoms with Crippen molar-refractivity contribution in [3.05, 3.63) is 29.6 Å². The van der Waals surface area contributed by atoms with E-state index in [0.717, 1.165) is 12.4 Å². The topological polar surface area (TPSA) is 31.4 Å². The summed E-state index contributed by atoms with van der Waals surface area (Å²) in [5.74, 6) is -1.49. The van der Waals surface area contributed by atoms with E-state index in [1.807, 2.05) is 0 Å². The molecule has 1 aromatic rings. The molecular formula is C8H7F2NO2. The molecule has 0 saturated carbocycles. The molecule has 1 aliphatic heterocycles. The second-order valence-corrected chi connectivity index (χ2v) is 2.59. The fourth-order valence-corrected chi connectivity index (χ4v) is 1.17. The van der Waals surface area contributed by atoms with Crippen LogP contribution in [-0.2, 0) is 9.47 Å². The molecule has 0 aliphatic carbocycles. The third kappa shape index (κ3) is 1.52. The zero-order valence-electron chi connectivity index (χ0n) is 6.67. The van der Waals surface area contributed by atoms with Crippen LogP contribution < -0.4 is 0 Å². The summed E-state index contributed by atoms with van der Waals surface area (Å²) in [7, 11) is 0. The van der Waals surface area contributed by atoms with Crippen LogP contribution in [0.3, 0.4) is 0 Å². The molecule has 13 heavy (non-hydrogen) atoms. The first-order valence-corrected chi connectivity index (χ1v) is 3.81. The van der Waals surface area contributed by atoms with Crippen LogP contribution in [0.15, 0.2) is 12.4 Å². The Balaban J connectivity index is 2.37. The number of ether oxygens (including phenoxy) is 2. The van der Waals surface area contributed by atoms with Gasteiger partial charge in [0.1, 0.15) is 0 Å². The molecule has 0 bridgehead atoms. The SMILES string of the molecule is Fc1cncc(F)c1C1OCCO1. The summed E-state index contributed by atoms with van der Waals surface area (Å²) < 4.78 is 36.0. The van der Waals surface area contributed by atoms with E-state index >= 15 is 0 Å². The van der Waals surface area contributed by atoms with Gasteiger partial charge in [-0.2, -0.15) is 0 Å². The average molecular weight is 187 g/mol. The minimum atomic E-state index is -0.928. The summed E-state index contributed by atoms with van der Waals surface area (Å²) in [4.78, 5) is 3.35. The van der Waals surface area contributed by atoms with E-state index in [-0.39, 0.29) is 5.56 Å². The van der Waals surface area contributed by atoms with Crippen LogP contribution in [0.1, 0.15) is 11.9 Å². The number of halogens is 2. The van der Waals surface area contributed by atoms with Gasteiger partial charge in [-0.1, -0.05) is 0 Å². The lowest BCUT2D eigenvalue weighted by molar-refractivity contribution is -0.0490. The van der Waals surface area contributed by atoms with Gasteiger partial charge in [0.25, 0.3) is 0 Å². The van der Waals surface area contributed by atoms with E-state index in [2.05, 4.69) is 4.98 Å². The fraction of sp³-hybridized carbons (Fsp3) is 0.375. The van der Waals surface area contributed by atoms with Gasteiger partial charge in [-0.05, 0) is 0 Å². The molecule has 2 heterocycles. The number of hydrogen-bond acceptors (Lipinski definition) is 3. The molecule has 1 aromatic heterocycles. The summed E-state index contributed by atoms with van der Waals surface area (Å²) in [6, 6.07) is 0. The third-order valence-corrected chi connectivity index (χ3v) is 1.75. The lowest BCUT2D eigenvalue weighted by atomic mass is 10.2. The van der Waals surface area contributed by atoms with Crippen LogP contribution in [0.4, 0.5) is 8.78 Å². The Morgan fingerprint density at radius 1 is 1.15 bits per heavy atom. The number of rotatable bonds is 1. The first kappa shape index (κ1) is 8.52. The molecule has 0 atom stereocenters. The normalized spacial score (nSPS) is 18.0. The Bertz CT molecular complexity index is 293. The highest BCUT2D eigenvalue weighted by atomic mass is 19.1. The van der Waals surface area contributed by atoms with Gasteiger partial charge in [-0.15, -0.1) is 0 Å². The van der Waals surface area contributed by atoms with E-state index in [1.54, 1.807) is 0 Å². The van der Waals surface area contributed by atoms with Crippen molar-refractivity contribution in [2.24, 2.45) is 0 Å². The first-order chi connectivity index (χ1) is 6.29. The summed E-state index contributed by atoms with van der Waals surface area (Å²) in [5, 5.41) is 0. The van der Waals surface area contributed by atoms with E-state index in [1.165, 1.54) is 0 Å². The third-order valence-electron chi connectivity index (χ3n) is 1.75. The monoisotopic (exact) mass is 187 g/mol. The van der Waals surface area contributed by atoms with Crippen molar-refractivity contribution in [3.8, 4) is 0 Å². The minimum absolute atomic E-state index is 0.201. The zero-order valence-corrected chi connectivity index (χ0v) is 6.67. The van der Waals surface area contributed by atoms with Gasteiger partial charge < -0.3 is 9.47 Å². The Morgan fingerprint density at radius 2 is 1.69 bits per heavy atom. The molecular weight excluding hydrogens is 180 g/mol. The second-order valence-electron chi connectivity index (χ2n) is 2.59. The molecule has 1 saturated heterocycles. The highest BCUT2D eigenvalue weighted by Gasteiger charge is 2.25. The van der Waals surface area contributed by atoms with E-state index in [0.29, 0.717) is 13.2 Å². The molecule has 1 aliphatic rings. The highest BCUT2D eigenvalue weighted by molar-refractivity contribution is 5.16. The molecule has 0 radical (unpaired) electrons. The Labute approximate surface area is 73.3 Å². The molecule has 0 spiro atoms. The molecule has 5 heteroatoms. The van der Waals surface area contributed by atoms with Gasteiger partial charge in [-0.3, -0.25) is 4.98 Å². The fourth-order valence-electron chi connectivity index (χ4n) is 1.17. The molecule has 0 unspecified atom stereocenters. The predicted octanol–water partition coefficient (Wildman–Crippen LogP) is 1.41. The number of hydrogen-bond donors (Lipinski definition) is 0. The van der Waals surface area contributed by atoms with Gasteiger partial charge in [0.15, 0.2) is 17.9 Å². The lowest BCUT2D eigenvalue weighted by Crippen LogP contribution is -2.05. The molecule has 70 valence electrons. The molecule has 3 nitrogen and oxygen atoms in total. The maximum absolute atomic E-state index is 13.0. The lowest BCUT2D eigenvalue weighted by Gasteiger charge is -2.10. The second kappa shape index (κ2) is 3.35. The molecule has 2 rings (SSSR count). The largest absolute Gasteiger partial charge is 0.346 e.